The van der Waals surface area contributed by atoms with Gasteiger partial charge in [0.2, 0.25) is 0 Å². The van der Waals surface area contributed by atoms with Crippen molar-refractivity contribution in [3.05, 3.63) is 0 Å². The predicted molar refractivity (Wildman–Crippen MR) is 47.0 cm³/mol. The minimum absolute atomic E-state index is 0.513. The third-order valence-electron chi connectivity index (χ3n) is 2.08. The molecule has 0 N–H and O–H groups in total. The van der Waals surface area contributed by atoms with Gasteiger partial charge in [0.1, 0.15) is 0 Å². The molecule has 0 nitrogen and oxygen atoms in total. The molecule has 0 aromatic rings. The Bertz CT molecular complexity index is 74.6. The summed E-state index contributed by atoms with van der Waals surface area (Å²) in [5.74, 6) is 2.06. The SMILES string of the molecule is CSCC(C)(C)C(C)C. The highest BCUT2D eigenvalue weighted by Crippen LogP contribution is 2.28. The van der Waals surface area contributed by atoms with Crippen LogP contribution in [0.15, 0.2) is 0 Å². The van der Waals surface area contributed by atoms with Crippen LogP contribution in [0.2, 0.25) is 0 Å². The second kappa shape index (κ2) is 3.50. The second-order valence-corrected chi connectivity index (χ2v) is 4.44. The monoisotopic (exact) mass is 146 g/mol. The summed E-state index contributed by atoms with van der Waals surface area (Å²) in [4.78, 5) is 0. The molecule has 0 aliphatic carbocycles. The van der Waals surface area contributed by atoms with Crippen molar-refractivity contribution in [3.8, 4) is 0 Å². The normalized spacial score (nSPS) is 12.7. The van der Waals surface area contributed by atoms with E-state index in [1.165, 1.54) is 5.75 Å². The van der Waals surface area contributed by atoms with Crippen molar-refractivity contribution < 1.29 is 0 Å². The third kappa shape index (κ3) is 3.14. The van der Waals surface area contributed by atoms with E-state index in [4.69, 9.17) is 0 Å². The molecule has 0 fully saturated rings. The first-order valence-electron chi connectivity index (χ1n) is 3.49. The highest BCUT2D eigenvalue weighted by molar-refractivity contribution is 7.98. The summed E-state index contributed by atoms with van der Waals surface area (Å²) in [5.41, 5.74) is 0.513. The Morgan fingerprint density at radius 2 is 1.78 bits per heavy atom. The molecule has 0 saturated carbocycles. The lowest BCUT2D eigenvalue weighted by atomic mass is 9.83. The van der Waals surface area contributed by atoms with Crippen LogP contribution in [0.25, 0.3) is 0 Å². The van der Waals surface area contributed by atoms with E-state index in [1.807, 2.05) is 11.8 Å². The van der Waals surface area contributed by atoms with Gasteiger partial charge in [-0.05, 0) is 23.3 Å². The van der Waals surface area contributed by atoms with Crippen molar-refractivity contribution in [3.63, 3.8) is 0 Å². The van der Waals surface area contributed by atoms with Crippen LogP contribution >= 0.6 is 11.8 Å². The minimum Gasteiger partial charge on any atom is -0.165 e. The van der Waals surface area contributed by atoms with Crippen molar-refractivity contribution in [1.82, 2.24) is 0 Å². The van der Waals surface area contributed by atoms with E-state index in [0.29, 0.717) is 5.41 Å². The van der Waals surface area contributed by atoms with Crippen molar-refractivity contribution in [2.24, 2.45) is 11.3 Å². The fraction of sp³-hybridized carbons (Fsp3) is 1.00. The molecule has 0 unspecified atom stereocenters. The number of rotatable bonds is 3. The highest BCUT2D eigenvalue weighted by atomic mass is 32.2. The first kappa shape index (κ1) is 9.35. The molecular formula is C8H18S. The van der Waals surface area contributed by atoms with E-state index >= 15 is 0 Å². The molecule has 0 spiro atoms. The van der Waals surface area contributed by atoms with E-state index in [-0.39, 0.29) is 0 Å². The van der Waals surface area contributed by atoms with Gasteiger partial charge in [-0.25, -0.2) is 0 Å². The molecule has 0 radical (unpaired) electrons. The van der Waals surface area contributed by atoms with Gasteiger partial charge in [-0.3, -0.25) is 0 Å². The minimum atomic E-state index is 0.513. The maximum atomic E-state index is 2.33. The summed E-state index contributed by atoms with van der Waals surface area (Å²) in [6, 6.07) is 0. The van der Waals surface area contributed by atoms with Crippen LogP contribution < -0.4 is 0 Å². The van der Waals surface area contributed by atoms with E-state index in [1.54, 1.807) is 0 Å². The zero-order valence-corrected chi connectivity index (χ0v) is 8.01. The van der Waals surface area contributed by atoms with Gasteiger partial charge in [0.05, 0.1) is 0 Å². The summed E-state index contributed by atoms with van der Waals surface area (Å²) >= 11 is 1.94. The Morgan fingerprint density at radius 3 is 1.89 bits per heavy atom. The summed E-state index contributed by atoms with van der Waals surface area (Å²) in [6.45, 7) is 9.23. The number of hydrogen-bond acceptors (Lipinski definition) is 1. The topological polar surface area (TPSA) is 0 Å². The fourth-order valence-electron chi connectivity index (χ4n) is 0.539. The van der Waals surface area contributed by atoms with E-state index in [2.05, 4.69) is 34.0 Å². The third-order valence-corrected chi connectivity index (χ3v) is 3.11. The molecule has 0 amide bonds. The zero-order valence-electron chi connectivity index (χ0n) is 7.19. The molecule has 0 atom stereocenters. The van der Waals surface area contributed by atoms with Crippen LogP contribution in [-0.4, -0.2) is 12.0 Å². The van der Waals surface area contributed by atoms with Gasteiger partial charge in [0.25, 0.3) is 0 Å². The Kier molecular flexibility index (Phi) is 3.64. The lowest BCUT2D eigenvalue weighted by molar-refractivity contribution is 0.292. The van der Waals surface area contributed by atoms with Crippen LogP contribution in [0.1, 0.15) is 27.7 Å². The molecule has 0 bridgehead atoms. The largest absolute Gasteiger partial charge is 0.165 e. The van der Waals surface area contributed by atoms with Gasteiger partial charge >= 0.3 is 0 Å². The van der Waals surface area contributed by atoms with E-state index in [0.717, 1.165) is 5.92 Å². The van der Waals surface area contributed by atoms with Gasteiger partial charge in [-0.15, -0.1) is 0 Å². The van der Waals surface area contributed by atoms with Gasteiger partial charge in [0, 0.05) is 0 Å². The molecule has 56 valence electrons. The smallest absolute Gasteiger partial charge is 0.00164 e. The van der Waals surface area contributed by atoms with Gasteiger partial charge in [-0.2, -0.15) is 11.8 Å². The molecule has 9 heavy (non-hydrogen) atoms. The fourth-order valence-corrected chi connectivity index (χ4v) is 1.62. The maximum absolute atomic E-state index is 2.33. The number of hydrogen-bond donors (Lipinski definition) is 0. The Labute approximate surface area is 63.4 Å². The molecule has 0 rings (SSSR count). The first-order valence-corrected chi connectivity index (χ1v) is 4.89. The molecule has 0 aliphatic rings. The van der Waals surface area contributed by atoms with Gasteiger partial charge in [0.15, 0.2) is 0 Å². The standard InChI is InChI=1S/C8H18S/c1-7(2)8(3,4)6-9-5/h7H,6H2,1-5H3. The summed E-state index contributed by atoms with van der Waals surface area (Å²) in [6.07, 6.45) is 2.17. The molecular weight excluding hydrogens is 128 g/mol. The van der Waals surface area contributed by atoms with Crippen LogP contribution in [0.4, 0.5) is 0 Å². The summed E-state index contributed by atoms with van der Waals surface area (Å²) in [7, 11) is 0. The maximum Gasteiger partial charge on any atom is -0.00164 e. The van der Waals surface area contributed by atoms with Crippen LogP contribution in [0.5, 0.6) is 0 Å². The Balaban J connectivity index is 3.70. The molecule has 0 aromatic carbocycles. The lowest BCUT2D eigenvalue weighted by Crippen LogP contribution is -2.21. The highest BCUT2D eigenvalue weighted by Gasteiger charge is 2.20. The Hall–Kier alpha value is 0.350. The number of thioether (sulfide) groups is 1. The molecule has 1 heteroatoms. The van der Waals surface area contributed by atoms with Crippen LogP contribution in [-0.2, 0) is 0 Å². The van der Waals surface area contributed by atoms with Crippen molar-refractivity contribution in [1.29, 1.82) is 0 Å². The molecule has 0 aliphatic heterocycles. The van der Waals surface area contributed by atoms with Crippen LogP contribution in [0.3, 0.4) is 0 Å². The van der Waals surface area contributed by atoms with Crippen molar-refractivity contribution in [2.75, 3.05) is 12.0 Å². The molecule has 0 aromatic heterocycles. The average Bonchev–Trinajstić information content (AvgIpc) is 1.65. The quantitative estimate of drug-likeness (QED) is 0.590. The van der Waals surface area contributed by atoms with Crippen molar-refractivity contribution in [2.45, 2.75) is 27.7 Å². The average molecular weight is 146 g/mol. The molecule has 0 heterocycles. The van der Waals surface area contributed by atoms with Crippen LogP contribution in [0, 0.1) is 11.3 Å². The van der Waals surface area contributed by atoms with E-state index in [9.17, 15) is 0 Å². The summed E-state index contributed by atoms with van der Waals surface area (Å²) < 4.78 is 0. The zero-order chi connectivity index (χ0) is 7.49. The predicted octanol–water partition coefficient (Wildman–Crippen LogP) is 3.03. The van der Waals surface area contributed by atoms with Gasteiger partial charge < -0.3 is 0 Å². The lowest BCUT2D eigenvalue weighted by Gasteiger charge is -2.27. The first-order chi connectivity index (χ1) is 4.00. The second-order valence-electron chi connectivity index (χ2n) is 3.58. The molecule has 0 saturated heterocycles. The van der Waals surface area contributed by atoms with Crippen molar-refractivity contribution >= 4 is 11.8 Å². The Morgan fingerprint density at radius 1 is 1.33 bits per heavy atom. The van der Waals surface area contributed by atoms with E-state index < -0.39 is 0 Å². The van der Waals surface area contributed by atoms with Gasteiger partial charge in [-0.1, -0.05) is 27.7 Å². The summed E-state index contributed by atoms with van der Waals surface area (Å²) in [5, 5.41) is 0.